The molecule has 1 unspecified atom stereocenters. The Morgan fingerprint density at radius 1 is 1.47 bits per heavy atom. The molecule has 1 N–H and O–H groups in total. The van der Waals surface area contributed by atoms with E-state index < -0.39 is 0 Å². The predicted octanol–water partition coefficient (Wildman–Crippen LogP) is 2.52. The molecule has 3 nitrogen and oxygen atoms in total. The third-order valence-corrected chi connectivity index (χ3v) is 4.97. The van der Waals surface area contributed by atoms with E-state index in [1.165, 1.54) is 30.8 Å². The summed E-state index contributed by atoms with van der Waals surface area (Å²) in [6.45, 7) is 5.58. The van der Waals surface area contributed by atoms with Gasteiger partial charge in [0.1, 0.15) is 0 Å². The number of rotatable bonds is 6. The molecule has 0 spiro atoms. The lowest BCUT2D eigenvalue weighted by Crippen LogP contribution is -2.46. The standard InChI is InChI=1S/C14H24ClN3S/c1-17(2)12-4-3-8-18(11-12)9-7-16-10-13-5-6-14(15)19-13/h5-6,12,16H,3-4,7-11H2,1-2H3. The number of piperidine rings is 1. The van der Waals surface area contributed by atoms with Crippen molar-refractivity contribution in [1.82, 2.24) is 15.1 Å². The first kappa shape index (κ1) is 15.3. The zero-order valence-corrected chi connectivity index (χ0v) is 13.4. The van der Waals surface area contributed by atoms with E-state index in [0.29, 0.717) is 0 Å². The SMILES string of the molecule is CN(C)C1CCCN(CCNCc2ccc(Cl)s2)C1. The lowest BCUT2D eigenvalue weighted by Gasteiger charge is -2.36. The average Bonchev–Trinajstić information content (AvgIpc) is 2.81. The largest absolute Gasteiger partial charge is 0.311 e. The van der Waals surface area contributed by atoms with Gasteiger partial charge in [-0.05, 0) is 45.6 Å². The number of nitrogens with one attached hydrogen (secondary N) is 1. The van der Waals surface area contributed by atoms with E-state index >= 15 is 0 Å². The maximum Gasteiger partial charge on any atom is 0.0931 e. The van der Waals surface area contributed by atoms with Crippen molar-refractivity contribution in [2.75, 3.05) is 40.3 Å². The van der Waals surface area contributed by atoms with Gasteiger partial charge in [-0.2, -0.15) is 0 Å². The normalized spacial score (nSPS) is 21.2. The molecule has 1 aliphatic heterocycles. The van der Waals surface area contributed by atoms with Crippen molar-refractivity contribution in [3.8, 4) is 0 Å². The Bertz CT molecular complexity index is 381. The molecule has 2 heterocycles. The van der Waals surface area contributed by atoms with E-state index in [9.17, 15) is 0 Å². The van der Waals surface area contributed by atoms with Gasteiger partial charge in [0.2, 0.25) is 0 Å². The summed E-state index contributed by atoms with van der Waals surface area (Å²) >= 11 is 7.58. The van der Waals surface area contributed by atoms with Crippen molar-refractivity contribution in [1.29, 1.82) is 0 Å². The number of halogens is 1. The fourth-order valence-electron chi connectivity index (χ4n) is 2.55. The lowest BCUT2D eigenvalue weighted by atomic mass is 10.1. The molecule has 1 fully saturated rings. The molecule has 1 aromatic heterocycles. The van der Waals surface area contributed by atoms with Gasteiger partial charge in [-0.15, -0.1) is 11.3 Å². The molecular formula is C14H24ClN3S. The Balaban J connectivity index is 1.62. The Hall–Kier alpha value is -0.130. The second-order valence-corrected chi connectivity index (χ2v) is 7.24. The summed E-state index contributed by atoms with van der Waals surface area (Å²) in [7, 11) is 4.37. The molecule has 1 saturated heterocycles. The van der Waals surface area contributed by atoms with Gasteiger partial charge in [0, 0.05) is 37.1 Å². The molecular weight excluding hydrogens is 278 g/mol. The zero-order chi connectivity index (χ0) is 13.7. The first-order valence-corrected chi connectivity index (χ1v) is 8.18. The van der Waals surface area contributed by atoms with Crippen LogP contribution in [0, 0.1) is 0 Å². The van der Waals surface area contributed by atoms with Gasteiger partial charge in [0.05, 0.1) is 4.34 Å². The molecule has 2 rings (SSSR count). The number of likely N-dealkylation sites (tertiary alicyclic amines) is 1. The van der Waals surface area contributed by atoms with Crippen molar-refractivity contribution >= 4 is 22.9 Å². The van der Waals surface area contributed by atoms with Crippen LogP contribution in [0.1, 0.15) is 17.7 Å². The molecule has 108 valence electrons. The molecule has 1 aliphatic rings. The third kappa shape index (κ3) is 5.04. The fraction of sp³-hybridized carbons (Fsp3) is 0.714. The lowest BCUT2D eigenvalue weighted by molar-refractivity contribution is 0.134. The van der Waals surface area contributed by atoms with Crippen molar-refractivity contribution in [3.63, 3.8) is 0 Å². The number of thiophene rings is 1. The highest BCUT2D eigenvalue weighted by molar-refractivity contribution is 7.16. The maximum absolute atomic E-state index is 5.92. The van der Waals surface area contributed by atoms with E-state index in [0.717, 1.165) is 30.0 Å². The quantitative estimate of drug-likeness (QED) is 0.815. The van der Waals surface area contributed by atoms with Crippen molar-refractivity contribution in [3.05, 3.63) is 21.3 Å². The topological polar surface area (TPSA) is 18.5 Å². The summed E-state index contributed by atoms with van der Waals surface area (Å²) in [6.07, 6.45) is 2.66. The molecule has 1 aromatic rings. The summed E-state index contributed by atoms with van der Waals surface area (Å²) in [5.74, 6) is 0. The van der Waals surface area contributed by atoms with Crippen LogP contribution in [-0.2, 0) is 6.54 Å². The number of likely N-dealkylation sites (N-methyl/N-ethyl adjacent to an activating group) is 1. The molecule has 1 atom stereocenters. The molecule has 0 aromatic carbocycles. The molecule has 0 amide bonds. The second kappa shape index (κ2) is 7.60. The van der Waals surface area contributed by atoms with Crippen LogP contribution in [0.5, 0.6) is 0 Å². The third-order valence-electron chi connectivity index (χ3n) is 3.74. The van der Waals surface area contributed by atoms with E-state index in [4.69, 9.17) is 11.6 Å². The predicted molar refractivity (Wildman–Crippen MR) is 84.2 cm³/mol. The van der Waals surface area contributed by atoms with Crippen LogP contribution in [0.15, 0.2) is 12.1 Å². The fourth-order valence-corrected chi connectivity index (χ4v) is 3.61. The average molecular weight is 302 g/mol. The van der Waals surface area contributed by atoms with Gasteiger partial charge < -0.3 is 15.1 Å². The summed E-state index contributed by atoms with van der Waals surface area (Å²) in [4.78, 5) is 6.24. The first-order valence-electron chi connectivity index (χ1n) is 6.99. The Morgan fingerprint density at radius 2 is 2.32 bits per heavy atom. The summed E-state index contributed by atoms with van der Waals surface area (Å²) in [6, 6.07) is 4.79. The Morgan fingerprint density at radius 3 is 3.00 bits per heavy atom. The number of hydrogen-bond donors (Lipinski definition) is 1. The van der Waals surface area contributed by atoms with Gasteiger partial charge >= 0.3 is 0 Å². The minimum absolute atomic E-state index is 0.727. The van der Waals surface area contributed by atoms with Crippen LogP contribution in [0.25, 0.3) is 0 Å². The van der Waals surface area contributed by atoms with Crippen LogP contribution in [-0.4, -0.2) is 56.1 Å². The van der Waals surface area contributed by atoms with Crippen LogP contribution >= 0.6 is 22.9 Å². The van der Waals surface area contributed by atoms with E-state index in [2.05, 4.69) is 35.3 Å². The monoisotopic (exact) mass is 301 g/mol. The van der Waals surface area contributed by atoms with Crippen LogP contribution in [0.4, 0.5) is 0 Å². The number of hydrogen-bond acceptors (Lipinski definition) is 4. The van der Waals surface area contributed by atoms with Crippen molar-refractivity contribution < 1.29 is 0 Å². The minimum Gasteiger partial charge on any atom is -0.311 e. The van der Waals surface area contributed by atoms with Crippen molar-refractivity contribution in [2.24, 2.45) is 0 Å². The summed E-state index contributed by atoms with van der Waals surface area (Å²) in [5, 5.41) is 3.50. The molecule has 5 heteroatoms. The smallest absolute Gasteiger partial charge is 0.0931 e. The maximum atomic E-state index is 5.92. The Labute approximate surface area is 125 Å². The summed E-state index contributed by atoms with van der Waals surface area (Å²) in [5.41, 5.74) is 0. The highest BCUT2D eigenvalue weighted by Gasteiger charge is 2.20. The van der Waals surface area contributed by atoms with E-state index in [1.54, 1.807) is 11.3 Å². The van der Waals surface area contributed by atoms with E-state index in [-0.39, 0.29) is 0 Å². The van der Waals surface area contributed by atoms with Gasteiger partial charge in [0.15, 0.2) is 0 Å². The minimum atomic E-state index is 0.727. The molecule has 0 radical (unpaired) electrons. The van der Waals surface area contributed by atoms with Crippen LogP contribution < -0.4 is 5.32 Å². The van der Waals surface area contributed by atoms with Crippen LogP contribution in [0.2, 0.25) is 4.34 Å². The molecule has 0 aliphatic carbocycles. The Kier molecular flexibility index (Phi) is 6.10. The second-order valence-electron chi connectivity index (χ2n) is 5.44. The van der Waals surface area contributed by atoms with Gasteiger partial charge in [0.25, 0.3) is 0 Å². The van der Waals surface area contributed by atoms with Gasteiger partial charge in [-0.1, -0.05) is 11.6 Å². The molecule has 19 heavy (non-hydrogen) atoms. The molecule has 0 bridgehead atoms. The highest BCUT2D eigenvalue weighted by atomic mass is 35.5. The highest BCUT2D eigenvalue weighted by Crippen LogP contribution is 2.20. The van der Waals surface area contributed by atoms with E-state index in [1.807, 2.05) is 6.07 Å². The van der Waals surface area contributed by atoms with Crippen LogP contribution in [0.3, 0.4) is 0 Å². The number of nitrogens with zero attached hydrogens (tertiary/aromatic N) is 2. The van der Waals surface area contributed by atoms with Crippen molar-refractivity contribution in [2.45, 2.75) is 25.4 Å². The van der Waals surface area contributed by atoms with Gasteiger partial charge in [-0.3, -0.25) is 0 Å². The zero-order valence-electron chi connectivity index (χ0n) is 11.9. The van der Waals surface area contributed by atoms with Gasteiger partial charge in [-0.25, -0.2) is 0 Å². The molecule has 0 saturated carbocycles. The summed E-state index contributed by atoms with van der Waals surface area (Å²) < 4.78 is 0.877. The first-order chi connectivity index (χ1) is 9.15.